The second kappa shape index (κ2) is 12.0. The van der Waals surface area contributed by atoms with Crippen molar-refractivity contribution in [3.63, 3.8) is 0 Å². The number of carbonyl (C=O) groups is 4. The maximum Gasteiger partial charge on any atom is 0.408 e. The van der Waals surface area contributed by atoms with Gasteiger partial charge in [0, 0.05) is 11.1 Å². The number of amides is 4. The van der Waals surface area contributed by atoms with Crippen molar-refractivity contribution in [1.29, 1.82) is 0 Å². The molecule has 9 nitrogen and oxygen atoms in total. The first-order valence-corrected chi connectivity index (χ1v) is 12.7. The first-order valence-electron chi connectivity index (χ1n) is 12.7. The number of carbonyl (C=O) groups excluding carboxylic acids is 4. The molecule has 1 aromatic carbocycles. The Morgan fingerprint density at radius 1 is 1.00 bits per heavy atom. The van der Waals surface area contributed by atoms with E-state index in [-0.39, 0.29) is 5.91 Å². The summed E-state index contributed by atoms with van der Waals surface area (Å²) >= 11 is 0. The molecule has 2 atom stereocenters. The first-order chi connectivity index (χ1) is 16.7. The molecule has 0 saturated heterocycles. The predicted molar refractivity (Wildman–Crippen MR) is 145 cm³/mol. The van der Waals surface area contributed by atoms with E-state index in [1.54, 1.807) is 20.8 Å². The van der Waals surface area contributed by atoms with Crippen molar-refractivity contribution in [1.82, 2.24) is 15.5 Å². The van der Waals surface area contributed by atoms with E-state index < -0.39 is 53.1 Å². The summed E-state index contributed by atoms with van der Waals surface area (Å²) in [6.45, 7) is 20.1. The third kappa shape index (κ3) is 9.70. The average Bonchev–Trinajstić information content (AvgIpc) is 2.69. The number of hydrogen-bond donors (Lipinski definition) is 3. The van der Waals surface area contributed by atoms with Gasteiger partial charge in [0.25, 0.3) is 0 Å². The van der Waals surface area contributed by atoms with E-state index in [1.807, 2.05) is 73.6 Å². The van der Waals surface area contributed by atoms with Crippen LogP contribution in [0.1, 0.15) is 97.9 Å². The zero-order valence-electron chi connectivity index (χ0n) is 24.4. The molecule has 208 valence electrons. The molecule has 0 fully saturated rings. The quantitative estimate of drug-likeness (QED) is 0.454. The Hall–Kier alpha value is -3.10. The average molecular weight is 519 g/mol. The molecule has 0 bridgehead atoms. The van der Waals surface area contributed by atoms with Crippen molar-refractivity contribution >= 4 is 23.8 Å². The van der Waals surface area contributed by atoms with Gasteiger partial charge in [0.1, 0.15) is 17.7 Å². The number of ether oxygens (including phenoxy) is 1. The third-order valence-electron chi connectivity index (χ3n) is 5.88. The minimum absolute atomic E-state index is 0.369. The molecule has 0 aliphatic carbocycles. The van der Waals surface area contributed by atoms with E-state index in [0.717, 1.165) is 11.1 Å². The van der Waals surface area contributed by atoms with Crippen LogP contribution in [0.15, 0.2) is 18.2 Å². The van der Waals surface area contributed by atoms with E-state index in [9.17, 15) is 19.2 Å². The molecule has 4 N–H and O–H groups in total. The van der Waals surface area contributed by atoms with Gasteiger partial charge in [-0.2, -0.15) is 0 Å². The van der Waals surface area contributed by atoms with Crippen molar-refractivity contribution < 1.29 is 23.9 Å². The van der Waals surface area contributed by atoms with Gasteiger partial charge in [-0.25, -0.2) is 4.79 Å². The molecule has 0 aliphatic heterocycles. The molecule has 2 unspecified atom stereocenters. The lowest BCUT2D eigenvalue weighted by molar-refractivity contribution is -0.150. The molecule has 0 radical (unpaired) electrons. The fourth-order valence-corrected chi connectivity index (χ4v) is 3.85. The van der Waals surface area contributed by atoms with Crippen LogP contribution in [-0.2, 0) is 19.1 Å². The maximum absolute atomic E-state index is 14.2. The predicted octanol–water partition coefficient (Wildman–Crippen LogP) is 4.05. The molecule has 0 aliphatic rings. The van der Waals surface area contributed by atoms with Crippen LogP contribution in [0.5, 0.6) is 0 Å². The molecule has 9 heteroatoms. The van der Waals surface area contributed by atoms with Crippen molar-refractivity contribution in [2.24, 2.45) is 5.73 Å². The number of nitrogens with one attached hydrogen (secondary N) is 2. The Kier molecular flexibility index (Phi) is 10.3. The van der Waals surface area contributed by atoms with Gasteiger partial charge in [-0.15, -0.1) is 0 Å². The molecule has 37 heavy (non-hydrogen) atoms. The Bertz CT molecular complexity index is 1000. The van der Waals surface area contributed by atoms with Crippen LogP contribution in [0, 0.1) is 13.8 Å². The lowest BCUT2D eigenvalue weighted by Crippen LogP contribution is -2.61. The first kappa shape index (κ1) is 31.9. The summed E-state index contributed by atoms with van der Waals surface area (Å²) in [5.41, 5.74) is 5.66. The topological polar surface area (TPSA) is 131 Å². The largest absolute Gasteiger partial charge is 0.444 e. The monoisotopic (exact) mass is 518 g/mol. The van der Waals surface area contributed by atoms with Gasteiger partial charge in [0.2, 0.25) is 17.7 Å². The normalized spacial score (nSPS) is 13.8. The summed E-state index contributed by atoms with van der Waals surface area (Å²) in [6.07, 6.45) is -0.809. The van der Waals surface area contributed by atoms with Gasteiger partial charge in [0.05, 0.1) is 6.42 Å². The lowest BCUT2D eigenvalue weighted by Gasteiger charge is -2.45. The highest BCUT2D eigenvalue weighted by molar-refractivity contribution is 5.95. The Balaban J connectivity index is 3.78. The standard InChI is InChI=1S/C28H46N4O5/c1-12-28(10,11)32(24(35)20(16-21(29)33)30-25(36)37-27(7,8)9)22(23(34)31-26(4,5)6)19-15-17(2)13-14-18(19)3/h13-15,20,22H,12,16H2,1-11H3,(H2,29,33)(H,30,36)(H,31,34). The van der Waals surface area contributed by atoms with Crippen molar-refractivity contribution in [3.8, 4) is 0 Å². The number of hydrogen-bond acceptors (Lipinski definition) is 5. The second-order valence-corrected chi connectivity index (χ2v) is 12.2. The number of benzene rings is 1. The van der Waals surface area contributed by atoms with E-state index in [1.165, 1.54) is 4.90 Å². The smallest absolute Gasteiger partial charge is 0.408 e. The van der Waals surface area contributed by atoms with Gasteiger partial charge < -0.3 is 26.0 Å². The minimum Gasteiger partial charge on any atom is -0.444 e. The van der Waals surface area contributed by atoms with Crippen LogP contribution in [0.25, 0.3) is 0 Å². The van der Waals surface area contributed by atoms with Gasteiger partial charge in [0.15, 0.2) is 0 Å². The fourth-order valence-electron chi connectivity index (χ4n) is 3.85. The molecular weight excluding hydrogens is 472 g/mol. The van der Waals surface area contributed by atoms with E-state index in [2.05, 4.69) is 10.6 Å². The van der Waals surface area contributed by atoms with Crippen molar-refractivity contribution in [2.45, 2.75) is 118 Å². The highest BCUT2D eigenvalue weighted by atomic mass is 16.6. The number of rotatable bonds is 9. The highest BCUT2D eigenvalue weighted by Gasteiger charge is 2.44. The summed E-state index contributed by atoms with van der Waals surface area (Å²) in [4.78, 5) is 54.2. The number of aryl methyl sites for hydroxylation is 2. The molecule has 0 spiro atoms. The second-order valence-electron chi connectivity index (χ2n) is 12.2. The lowest BCUT2D eigenvalue weighted by atomic mass is 9.89. The highest BCUT2D eigenvalue weighted by Crippen LogP contribution is 2.34. The van der Waals surface area contributed by atoms with Crippen LogP contribution >= 0.6 is 0 Å². The van der Waals surface area contributed by atoms with Gasteiger partial charge in [-0.1, -0.05) is 30.7 Å². The van der Waals surface area contributed by atoms with Crippen LogP contribution in [-0.4, -0.2) is 51.4 Å². The Morgan fingerprint density at radius 3 is 2.03 bits per heavy atom. The maximum atomic E-state index is 14.2. The molecule has 1 rings (SSSR count). The molecular formula is C28H46N4O5. The molecule has 0 aromatic heterocycles. The SMILES string of the molecule is CCC(C)(C)N(C(=O)C(CC(N)=O)NC(=O)OC(C)(C)C)C(C(=O)NC(C)(C)C)c1cc(C)ccc1C. The molecule has 0 heterocycles. The molecule has 1 aromatic rings. The molecule has 0 saturated carbocycles. The zero-order valence-corrected chi connectivity index (χ0v) is 24.4. The fraction of sp³-hybridized carbons (Fsp3) is 0.643. The van der Waals surface area contributed by atoms with E-state index >= 15 is 0 Å². The molecule has 4 amide bonds. The van der Waals surface area contributed by atoms with Crippen molar-refractivity contribution in [3.05, 3.63) is 34.9 Å². The number of nitrogens with two attached hydrogens (primary N) is 1. The number of nitrogens with zero attached hydrogens (tertiary/aromatic N) is 1. The van der Waals surface area contributed by atoms with Gasteiger partial charge >= 0.3 is 6.09 Å². The third-order valence-corrected chi connectivity index (χ3v) is 5.88. The van der Waals surface area contributed by atoms with Crippen LogP contribution in [0.4, 0.5) is 4.79 Å². The Labute approximate surface area is 221 Å². The summed E-state index contributed by atoms with van der Waals surface area (Å²) in [5, 5.41) is 5.53. The van der Waals surface area contributed by atoms with Gasteiger partial charge in [-0.3, -0.25) is 14.4 Å². The Morgan fingerprint density at radius 2 is 1.57 bits per heavy atom. The van der Waals surface area contributed by atoms with Crippen LogP contribution < -0.4 is 16.4 Å². The minimum atomic E-state index is -1.33. The summed E-state index contributed by atoms with van der Waals surface area (Å²) < 4.78 is 5.33. The summed E-state index contributed by atoms with van der Waals surface area (Å²) in [7, 11) is 0. The van der Waals surface area contributed by atoms with Crippen LogP contribution in [0.3, 0.4) is 0 Å². The van der Waals surface area contributed by atoms with E-state index in [0.29, 0.717) is 12.0 Å². The van der Waals surface area contributed by atoms with Gasteiger partial charge in [-0.05, 0) is 86.8 Å². The number of alkyl carbamates (subject to hydrolysis) is 1. The number of primary amides is 1. The van der Waals surface area contributed by atoms with E-state index in [4.69, 9.17) is 10.5 Å². The van der Waals surface area contributed by atoms with Crippen LogP contribution in [0.2, 0.25) is 0 Å². The summed E-state index contributed by atoms with van der Waals surface area (Å²) in [6, 6.07) is 3.38. The zero-order chi connectivity index (χ0) is 28.9. The van der Waals surface area contributed by atoms with Crippen molar-refractivity contribution in [2.75, 3.05) is 0 Å². The summed E-state index contributed by atoms with van der Waals surface area (Å²) in [5.74, 6) is -1.75.